The molecule has 0 radical (unpaired) electrons. The number of thiophene rings is 1. The Balaban J connectivity index is 1.76. The van der Waals surface area contributed by atoms with Gasteiger partial charge in [0.1, 0.15) is 0 Å². The summed E-state index contributed by atoms with van der Waals surface area (Å²) in [7, 11) is 0. The third-order valence-corrected chi connectivity index (χ3v) is 4.69. The van der Waals surface area contributed by atoms with E-state index in [1.807, 2.05) is 11.3 Å². The molecule has 1 nitrogen and oxygen atoms in total. The second-order valence-electron chi connectivity index (χ2n) is 4.98. The zero-order chi connectivity index (χ0) is 12.2. The molecule has 0 saturated carbocycles. The number of hydrogen-bond acceptors (Lipinski definition) is 2. The Kier molecular flexibility index (Phi) is 3.77. The van der Waals surface area contributed by atoms with Crippen LogP contribution in [0.2, 0.25) is 0 Å². The van der Waals surface area contributed by atoms with Crippen molar-refractivity contribution in [3.05, 3.63) is 58.3 Å². The van der Waals surface area contributed by atoms with Crippen LogP contribution in [0.5, 0.6) is 0 Å². The van der Waals surface area contributed by atoms with Gasteiger partial charge < -0.3 is 0 Å². The Hall–Kier alpha value is -1.12. The van der Waals surface area contributed by atoms with Crippen LogP contribution in [0.4, 0.5) is 0 Å². The molecule has 1 aliphatic rings. The van der Waals surface area contributed by atoms with Crippen molar-refractivity contribution in [2.45, 2.75) is 31.8 Å². The number of rotatable bonds is 3. The number of nitrogens with zero attached hydrogens (tertiary/aromatic N) is 1. The maximum Gasteiger partial charge on any atom is 0.0445 e. The van der Waals surface area contributed by atoms with Crippen LogP contribution in [0.3, 0.4) is 0 Å². The summed E-state index contributed by atoms with van der Waals surface area (Å²) < 4.78 is 0. The predicted octanol–water partition coefficient (Wildman–Crippen LogP) is 4.48. The van der Waals surface area contributed by atoms with Gasteiger partial charge >= 0.3 is 0 Å². The molecule has 1 saturated heterocycles. The monoisotopic (exact) mass is 257 g/mol. The highest BCUT2D eigenvalue weighted by Gasteiger charge is 2.24. The van der Waals surface area contributed by atoms with E-state index in [2.05, 4.69) is 52.7 Å². The van der Waals surface area contributed by atoms with Crippen molar-refractivity contribution >= 4 is 11.3 Å². The first-order chi connectivity index (χ1) is 8.93. The Morgan fingerprint density at radius 3 is 2.72 bits per heavy atom. The lowest BCUT2D eigenvalue weighted by molar-refractivity contribution is 0.143. The molecule has 0 amide bonds. The molecule has 1 aromatic carbocycles. The van der Waals surface area contributed by atoms with Gasteiger partial charge in [-0.25, -0.2) is 0 Å². The lowest BCUT2D eigenvalue weighted by Gasteiger charge is -2.35. The lowest BCUT2D eigenvalue weighted by atomic mass is 10.00. The standard InChI is InChI=1S/C16H19NS/c1-2-7-14(8-3-1)13-17-11-5-4-9-15(17)16-10-6-12-18-16/h1-3,6-8,10,12,15H,4-5,9,11,13H2/t15-/m1/s1. The molecule has 0 unspecified atom stereocenters. The fraction of sp³-hybridized carbons (Fsp3) is 0.375. The van der Waals surface area contributed by atoms with Crippen molar-refractivity contribution in [2.24, 2.45) is 0 Å². The second-order valence-corrected chi connectivity index (χ2v) is 5.96. The molecule has 1 aliphatic heterocycles. The summed E-state index contributed by atoms with van der Waals surface area (Å²) in [6.45, 7) is 2.32. The Bertz CT molecular complexity index is 463. The summed E-state index contributed by atoms with van der Waals surface area (Å²) in [5.41, 5.74) is 1.43. The van der Waals surface area contributed by atoms with E-state index in [0.717, 1.165) is 6.54 Å². The minimum atomic E-state index is 0.638. The average Bonchev–Trinajstić information content (AvgIpc) is 2.94. The second kappa shape index (κ2) is 5.68. The molecule has 0 spiro atoms. The van der Waals surface area contributed by atoms with E-state index in [1.165, 1.54) is 36.2 Å². The molecule has 1 aromatic heterocycles. The first-order valence-corrected chi connectivity index (χ1v) is 7.63. The number of piperidine rings is 1. The van der Waals surface area contributed by atoms with Crippen LogP contribution in [0.25, 0.3) is 0 Å². The summed E-state index contributed by atoms with van der Waals surface area (Å²) in [5, 5.41) is 2.20. The number of hydrogen-bond donors (Lipinski definition) is 0. The quantitative estimate of drug-likeness (QED) is 0.784. The normalized spacial score (nSPS) is 21.0. The Labute approximate surface area is 113 Å². The topological polar surface area (TPSA) is 3.24 Å². The molecule has 1 fully saturated rings. The van der Waals surface area contributed by atoms with E-state index >= 15 is 0 Å². The highest BCUT2D eigenvalue weighted by Crippen LogP contribution is 2.34. The van der Waals surface area contributed by atoms with Gasteiger partial charge in [-0.3, -0.25) is 4.90 Å². The van der Waals surface area contributed by atoms with Gasteiger partial charge in [-0.1, -0.05) is 42.8 Å². The van der Waals surface area contributed by atoms with Gasteiger partial charge in [-0.2, -0.15) is 0 Å². The van der Waals surface area contributed by atoms with Crippen LogP contribution in [0.15, 0.2) is 47.8 Å². The van der Waals surface area contributed by atoms with Crippen molar-refractivity contribution in [3.63, 3.8) is 0 Å². The summed E-state index contributed by atoms with van der Waals surface area (Å²) >= 11 is 1.90. The predicted molar refractivity (Wildman–Crippen MR) is 77.8 cm³/mol. The SMILES string of the molecule is c1ccc(CN2CCCC[C@@H]2c2cccs2)cc1. The van der Waals surface area contributed by atoms with Crippen LogP contribution in [0.1, 0.15) is 35.7 Å². The van der Waals surface area contributed by atoms with Crippen LogP contribution in [0, 0.1) is 0 Å². The number of benzene rings is 1. The van der Waals surface area contributed by atoms with E-state index in [1.54, 1.807) is 0 Å². The minimum Gasteiger partial charge on any atom is -0.291 e. The Morgan fingerprint density at radius 2 is 1.94 bits per heavy atom. The van der Waals surface area contributed by atoms with E-state index in [9.17, 15) is 0 Å². The van der Waals surface area contributed by atoms with Crippen LogP contribution < -0.4 is 0 Å². The van der Waals surface area contributed by atoms with Gasteiger partial charge in [0.2, 0.25) is 0 Å². The first-order valence-electron chi connectivity index (χ1n) is 6.75. The lowest BCUT2D eigenvalue weighted by Crippen LogP contribution is -2.32. The van der Waals surface area contributed by atoms with Gasteiger partial charge in [0.15, 0.2) is 0 Å². The van der Waals surface area contributed by atoms with Crippen LogP contribution in [-0.4, -0.2) is 11.4 Å². The summed E-state index contributed by atoms with van der Waals surface area (Å²) in [5.74, 6) is 0. The maximum atomic E-state index is 2.64. The van der Waals surface area contributed by atoms with Crippen LogP contribution in [-0.2, 0) is 6.54 Å². The molecule has 0 aliphatic carbocycles. The minimum absolute atomic E-state index is 0.638. The molecule has 2 heterocycles. The molecule has 1 atom stereocenters. The molecule has 3 rings (SSSR count). The fourth-order valence-electron chi connectivity index (χ4n) is 2.80. The van der Waals surface area contributed by atoms with Gasteiger partial charge in [0.05, 0.1) is 0 Å². The maximum absolute atomic E-state index is 2.64. The van der Waals surface area contributed by atoms with E-state index in [0.29, 0.717) is 6.04 Å². The van der Waals surface area contributed by atoms with Gasteiger partial charge in [0, 0.05) is 17.5 Å². The smallest absolute Gasteiger partial charge is 0.0445 e. The van der Waals surface area contributed by atoms with E-state index < -0.39 is 0 Å². The molecule has 0 bridgehead atoms. The largest absolute Gasteiger partial charge is 0.291 e. The van der Waals surface area contributed by atoms with Crippen LogP contribution >= 0.6 is 11.3 Å². The molecule has 2 aromatic rings. The van der Waals surface area contributed by atoms with E-state index in [4.69, 9.17) is 0 Å². The average molecular weight is 257 g/mol. The third-order valence-electron chi connectivity index (χ3n) is 3.71. The van der Waals surface area contributed by atoms with Crippen molar-refractivity contribution in [2.75, 3.05) is 6.54 Å². The molecule has 94 valence electrons. The molecule has 18 heavy (non-hydrogen) atoms. The zero-order valence-electron chi connectivity index (χ0n) is 10.6. The first kappa shape index (κ1) is 11.9. The molecular weight excluding hydrogens is 238 g/mol. The van der Waals surface area contributed by atoms with Crippen molar-refractivity contribution in [1.29, 1.82) is 0 Å². The molecule has 0 N–H and O–H groups in total. The summed E-state index contributed by atoms with van der Waals surface area (Å²) in [4.78, 5) is 4.18. The number of likely N-dealkylation sites (tertiary alicyclic amines) is 1. The van der Waals surface area contributed by atoms with Gasteiger partial charge in [-0.05, 0) is 36.4 Å². The molecular formula is C16H19NS. The highest BCUT2D eigenvalue weighted by molar-refractivity contribution is 7.10. The van der Waals surface area contributed by atoms with Crippen molar-refractivity contribution < 1.29 is 0 Å². The third kappa shape index (κ3) is 2.65. The van der Waals surface area contributed by atoms with Gasteiger partial charge in [0.25, 0.3) is 0 Å². The van der Waals surface area contributed by atoms with Crippen molar-refractivity contribution in [3.8, 4) is 0 Å². The summed E-state index contributed by atoms with van der Waals surface area (Å²) in [6, 6.07) is 15.9. The Morgan fingerprint density at radius 1 is 1.06 bits per heavy atom. The van der Waals surface area contributed by atoms with Crippen molar-refractivity contribution in [1.82, 2.24) is 4.90 Å². The fourth-order valence-corrected chi connectivity index (χ4v) is 3.70. The van der Waals surface area contributed by atoms with E-state index in [-0.39, 0.29) is 0 Å². The zero-order valence-corrected chi connectivity index (χ0v) is 11.4. The van der Waals surface area contributed by atoms with Gasteiger partial charge in [-0.15, -0.1) is 11.3 Å². The summed E-state index contributed by atoms with van der Waals surface area (Å²) in [6.07, 6.45) is 4.02. The molecule has 2 heteroatoms. The highest BCUT2D eigenvalue weighted by atomic mass is 32.1.